The van der Waals surface area contributed by atoms with Crippen molar-refractivity contribution in [3.05, 3.63) is 458 Å². The van der Waals surface area contributed by atoms with E-state index >= 15 is 0 Å². The van der Waals surface area contributed by atoms with Crippen LogP contribution in [0.3, 0.4) is 0 Å². The van der Waals surface area contributed by atoms with Crippen molar-refractivity contribution in [2.75, 3.05) is 50.5 Å². The Hall–Kier alpha value is -16.1. The average Bonchev–Trinajstić information content (AvgIpc) is 0.786. The van der Waals surface area contributed by atoms with Crippen molar-refractivity contribution in [1.82, 2.24) is 0 Å². The van der Waals surface area contributed by atoms with Crippen LogP contribution in [0, 0.1) is 32.8 Å². The predicted molar refractivity (Wildman–Crippen MR) is 492 cm³/mol. The van der Waals surface area contributed by atoms with Gasteiger partial charge in [-0.1, -0.05) is 249 Å². The molecule has 18 rings (SSSR count). The molecule has 0 spiro atoms. The Morgan fingerprint density at radius 1 is 0.229 bits per heavy atom. The molecule has 0 aliphatic rings. The molecule has 0 fully saturated rings. The van der Waals surface area contributed by atoms with Crippen molar-refractivity contribution in [2.45, 2.75) is 0 Å². The topological polar surface area (TPSA) is 110 Å². The molecular formula is C107H81N9O2. The number of benzene rings is 18. The molecule has 0 amide bonds. The fourth-order valence-electron chi connectivity index (χ4n) is 15.1. The Morgan fingerprint density at radius 3 is 0.780 bits per heavy atom. The largest absolute Gasteiger partial charge is 0.345 e. The van der Waals surface area contributed by atoms with Gasteiger partial charge in [-0.05, 0) is 225 Å². The Balaban J connectivity index is 0.000000132. The van der Waals surface area contributed by atoms with Gasteiger partial charge in [0.05, 0.1) is 45.3 Å². The van der Waals surface area contributed by atoms with E-state index in [0.717, 1.165) is 119 Å². The Labute approximate surface area is 688 Å². The Morgan fingerprint density at radius 2 is 0.466 bits per heavy atom. The highest BCUT2D eigenvalue weighted by Gasteiger charge is 2.21. The van der Waals surface area contributed by atoms with Crippen LogP contribution in [-0.4, -0.2) is 26.1 Å². The molecule has 11 nitrogen and oxygen atoms in total. The van der Waals surface area contributed by atoms with Gasteiger partial charge < -0.3 is 29.4 Å². The van der Waals surface area contributed by atoms with Gasteiger partial charge in [0, 0.05) is 118 Å². The molecule has 0 aliphatic heterocycles. The van der Waals surface area contributed by atoms with E-state index < -0.39 is 0 Å². The summed E-state index contributed by atoms with van der Waals surface area (Å²) in [7, 11) is 5.97. The Kier molecular flexibility index (Phi) is 22.7. The van der Waals surface area contributed by atoms with Gasteiger partial charge in [0.2, 0.25) is 0 Å². The first-order valence-corrected chi connectivity index (χ1v) is 39.1. The fraction of sp³-hybridized carbons (Fsp3) is 0.0280. The highest BCUT2D eigenvalue weighted by molar-refractivity contribution is 6.02. The van der Waals surface area contributed by atoms with Crippen LogP contribution in [0.4, 0.5) is 91.0 Å². The first kappa shape index (κ1) is 75.9. The smallest absolute Gasteiger partial charge is 0.271 e. The average molecular weight is 1520 g/mol. The maximum Gasteiger partial charge on any atom is 0.271 e. The standard InChI is InChI=1S/2C36H27N3.C35H27N3O2/c1-38(34-14-7-9-27(25-34)26-37)31-21-17-28(18-22-31)29-19-23-33(24-20-29)39(32-12-3-2-4-13-32)36-16-8-11-30-10-5-6-15-35(30)36;1-38(31-20-14-27(26-37)15-21-31)32-22-16-28(17-23-32)29-18-24-34(25-19-29)39(33-10-3-2-4-11-33)36-13-7-9-30-8-5-6-12-35(30)36;1-36(32-13-8-14-33(25-32)38(39)40)29-21-17-26(18-22-29)27-19-23-31(24-20-27)37(30-11-3-2-4-12-30)35-16-7-10-28-9-5-6-15-34(28)35/h2*2-25H,1H3;2-25H,1H3. The third-order valence-electron chi connectivity index (χ3n) is 21.4. The van der Waals surface area contributed by atoms with Gasteiger partial charge in [0.15, 0.2) is 0 Å². The van der Waals surface area contributed by atoms with Crippen LogP contribution in [0.1, 0.15) is 11.1 Å². The van der Waals surface area contributed by atoms with Crippen LogP contribution in [0.5, 0.6) is 0 Å². The number of hydrogen-bond acceptors (Lipinski definition) is 10. The van der Waals surface area contributed by atoms with Gasteiger partial charge in [-0.3, -0.25) is 10.1 Å². The summed E-state index contributed by atoms with van der Waals surface area (Å²) in [6.07, 6.45) is 0. The maximum absolute atomic E-state index is 11.2. The number of para-hydroxylation sites is 3. The second kappa shape index (κ2) is 35.3. The van der Waals surface area contributed by atoms with Crippen molar-refractivity contribution in [2.24, 2.45) is 0 Å². The molecule has 18 aromatic carbocycles. The van der Waals surface area contributed by atoms with Crippen molar-refractivity contribution in [1.29, 1.82) is 10.5 Å². The van der Waals surface area contributed by atoms with E-state index in [2.05, 4.69) is 382 Å². The van der Waals surface area contributed by atoms with E-state index in [1.54, 1.807) is 12.1 Å². The number of rotatable bonds is 19. The van der Waals surface area contributed by atoms with Crippen LogP contribution in [-0.2, 0) is 0 Å². The summed E-state index contributed by atoms with van der Waals surface area (Å²) in [6.45, 7) is 0. The minimum Gasteiger partial charge on any atom is -0.345 e. The lowest BCUT2D eigenvalue weighted by atomic mass is 10.0. The van der Waals surface area contributed by atoms with E-state index in [1.807, 2.05) is 98.8 Å². The quantitative estimate of drug-likeness (QED) is 0.0573. The minimum atomic E-state index is -0.372. The summed E-state index contributed by atoms with van der Waals surface area (Å²) in [6, 6.07) is 154. The van der Waals surface area contributed by atoms with Crippen LogP contribution >= 0.6 is 0 Å². The summed E-state index contributed by atoms with van der Waals surface area (Å²) in [5.41, 5.74) is 24.2. The van der Waals surface area contributed by atoms with Gasteiger partial charge >= 0.3 is 0 Å². The molecule has 0 atom stereocenters. The predicted octanol–water partition coefficient (Wildman–Crippen LogP) is 28.9. The van der Waals surface area contributed by atoms with Gasteiger partial charge in [-0.25, -0.2) is 0 Å². The second-order valence-corrected chi connectivity index (χ2v) is 28.6. The number of nitro benzene ring substituents is 1. The van der Waals surface area contributed by atoms with Gasteiger partial charge in [-0.2, -0.15) is 10.5 Å². The van der Waals surface area contributed by atoms with E-state index in [9.17, 15) is 15.4 Å². The van der Waals surface area contributed by atoms with Gasteiger partial charge in [-0.15, -0.1) is 0 Å². The fourth-order valence-corrected chi connectivity index (χ4v) is 15.1. The summed E-state index contributed by atoms with van der Waals surface area (Å²) in [5, 5.41) is 36.8. The van der Waals surface area contributed by atoms with Gasteiger partial charge in [0.1, 0.15) is 0 Å². The number of nitriles is 2. The van der Waals surface area contributed by atoms with Crippen LogP contribution in [0.25, 0.3) is 65.7 Å². The molecule has 0 aromatic heterocycles. The van der Waals surface area contributed by atoms with Crippen molar-refractivity contribution in [3.8, 4) is 45.5 Å². The SMILES string of the molecule is CN(c1ccc(-c2ccc(N(c3ccccc3)c3cccc4ccccc34)cc2)cc1)c1cccc(C#N)c1.CN(c1ccc(-c2ccc(N(c3ccccc3)c3cccc4ccccc34)cc2)cc1)c1cccc([N+](=O)[O-])c1.CN(c1ccc(C#N)cc1)c1ccc(-c2ccc(N(c3ccccc3)c3cccc4ccccc34)cc2)cc1. The minimum absolute atomic E-state index is 0.0779. The molecule has 566 valence electrons. The van der Waals surface area contributed by atoms with Crippen LogP contribution in [0.2, 0.25) is 0 Å². The molecule has 0 saturated carbocycles. The summed E-state index contributed by atoms with van der Waals surface area (Å²) in [5.74, 6) is 0. The first-order chi connectivity index (χ1) is 58.0. The number of fused-ring (bicyclic) bond motifs is 3. The number of nitro groups is 1. The molecule has 11 heteroatoms. The molecule has 0 saturated heterocycles. The molecular weight excluding hydrogens is 1440 g/mol. The molecule has 0 heterocycles. The number of nitrogens with zero attached hydrogens (tertiary/aromatic N) is 9. The number of hydrogen-bond donors (Lipinski definition) is 0. The highest BCUT2D eigenvalue weighted by atomic mass is 16.6. The van der Waals surface area contributed by atoms with E-state index in [1.165, 1.54) is 38.4 Å². The molecule has 0 unspecified atom stereocenters. The third kappa shape index (κ3) is 16.8. The van der Waals surface area contributed by atoms with Crippen molar-refractivity contribution in [3.63, 3.8) is 0 Å². The zero-order valence-electron chi connectivity index (χ0n) is 65.4. The molecule has 0 aliphatic carbocycles. The lowest BCUT2D eigenvalue weighted by molar-refractivity contribution is -0.384. The number of anilines is 15. The lowest BCUT2D eigenvalue weighted by Gasteiger charge is -2.27. The zero-order valence-corrected chi connectivity index (χ0v) is 65.4. The number of non-ortho nitro benzene ring substituents is 1. The Bertz CT molecular complexity index is 6560. The summed E-state index contributed by atoms with van der Waals surface area (Å²) >= 11 is 0. The summed E-state index contributed by atoms with van der Waals surface area (Å²) in [4.78, 5) is 23.9. The van der Waals surface area contributed by atoms with E-state index in [0.29, 0.717) is 11.1 Å². The van der Waals surface area contributed by atoms with Crippen molar-refractivity contribution < 1.29 is 4.92 Å². The molecule has 0 bridgehead atoms. The molecule has 0 radical (unpaired) electrons. The maximum atomic E-state index is 11.2. The van der Waals surface area contributed by atoms with Crippen LogP contribution < -0.4 is 29.4 Å². The van der Waals surface area contributed by atoms with Gasteiger partial charge in [0.25, 0.3) is 5.69 Å². The molecule has 0 N–H and O–H groups in total. The first-order valence-electron chi connectivity index (χ1n) is 39.1. The summed E-state index contributed by atoms with van der Waals surface area (Å²) < 4.78 is 0. The third-order valence-corrected chi connectivity index (χ3v) is 21.4. The van der Waals surface area contributed by atoms with E-state index in [-0.39, 0.29) is 10.6 Å². The lowest BCUT2D eigenvalue weighted by Crippen LogP contribution is -2.10. The highest BCUT2D eigenvalue weighted by Crippen LogP contribution is 2.44. The molecule has 118 heavy (non-hydrogen) atoms. The van der Waals surface area contributed by atoms with E-state index in [4.69, 9.17) is 5.26 Å². The zero-order chi connectivity index (χ0) is 80.7. The van der Waals surface area contributed by atoms with Crippen molar-refractivity contribution >= 4 is 123 Å². The normalized spacial score (nSPS) is 10.7. The van der Waals surface area contributed by atoms with Crippen LogP contribution in [0.15, 0.2) is 437 Å². The molecule has 18 aromatic rings. The second-order valence-electron chi connectivity index (χ2n) is 28.6. The monoisotopic (exact) mass is 1520 g/mol.